The van der Waals surface area contributed by atoms with E-state index in [1.54, 1.807) is 0 Å². The monoisotopic (exact) mass is 236 g/mol. The van der Waals surface area contributed by atoms with Crippen molar-refractivity contribution >= 4 is 0 Å². The summed E-state index contributed by atoms with van der Waals surface area (Å²) in [6.45, 7) is -0.455. The van der Waals surface area contributed by atoms with Crippen molar-refractivity contribution in [1.82, 2.24) is 0 Å². The second-order valence-corrected chi connectivity index (χ2v) is 3.43. The van der Waals surface area contributed by atoms with Crippen molar-refractivity contribution in [2.45, 2.75) is 6.61 Å². The summed E-state index contributed by atoms with van der Waals surface area (Å²) in [7, 11) is 0. The first kappa shape index (κ1) is 11.5. The maximum Gasteiger partial charge on any atom is 0.135 e. The quantitative estimate of drug-likeness (QED) is 0.886. The molecule has 0 unspecified atom stereocenters. The molecule has 4 heteroatoms. The number of ether oxygens (including phenoxy) is 1. The molecule has 2 nitrogen and oxygen atoms in total. The van der Waals surface area contributed by atoms with Crippen LogP contribution in [0.2, 0.25) is 0 Å². The molecule has 2 aromatic rings. The molecule has 17 heavy (non-hydrogen) atoms. The van der Waals surface area contributed by atoms with E-state index in [2.05, 4.69) is 0 Å². The summed E-state index contributed by atoms with van der Waals surface area (Å²) >= 11 is 0. The number of hydrogen-bond donors (Lipinski definition) is 1. The molecule has 0 saturated carbocycles. The van der Waals surface area contributed by atoms with Crippen LogP contribution in [-0.2, 0) is 6.61 Å². The van der Waals surface area contributed by atoms with E-state index in [4.69, 9.17) is 9.84 Å². The van der Waals surface area contributed by atoms with Crippen LogP contribution < -0.4 is 4.74 Å². The average molecular weight is 236 g/mol. The Kier molecular flexibility index (Phi) is 3.35. The molecule has 0 heterocycles. The van der Waals surface area contributed by atoms with Gasteiger partial charge in [-0.05, 0) is 36.4 Å². The summed E-state index contributed by atoms with van der Waals surface area (Å²) in [4.78, 5) is 0. The molecule has 2 aromatic carbocycles. The largest absolute Gasteiger partial charge is 0.457 e. The first-order chi connectivity index (χ1) is 8.20. The van der Waals surface area contributed by atoms with Crippen molar-refractivity contribution in [2.24, 2.45) is 0 Å². The van der Waals surface area contributed by atoms with Gasteiger partial charge in [-0.1, -0.05) is 6.07 Å². The third kappa shape index (κ3) is 2.60. The maximum absolute atomic E-state index is 13.3. The lowest BCUT2D eigenvalue weighted by Gasteiger charge is -2.10. The van der Waals surface area contributed by atoms with Crippen molar-refractivity contribution in [2.75, 3.05) is 0 Å². The summed E-state index contributed by atoms with van der Waals surface area (Å²) in [5, 5.41) is 9.04. The second-order valence-electron chi connectivity index (χ2n) is 3.43. The van der Waals surface area contributed by atoms with Gasteiger partial charge < -0.3 is 9.84 Å². The van der Waals surface area contributed by atoms with Gasteiger partial charge in [-0.3, -0.25) is 0 Å². The fourth-order valence-corrected chi connectivity index (χ4v) is 1.42. The van der Waals surface area contributed by atoms with Gasteiger partial charge in [0.05, 0.1) is 12.2 Å². The van der Waals surface area contributed by atoms with Crippen LogP contribution >= 0.6 is 0 Å². The van der Waals surface area contributed by atoms with Crippen molar-refractivity contribution in [3.63, 3.8) is 0 Å². The molecule has 88 valence electrons. The summed E-state index contributed by atoms with van der Waals surface area (Å²) in [5.74, 6) is -0.308. The van der Waals surface area contributed by atoms with Crippen molar-refractivity contribution in [3.8, 4) is 11.5 Å². The molecule has 0 aliphatic heterocycles. The average Bonchev–Trinajstić information content (AvgIpc) is 2.32. The SMILES string of the molecule is OCc1c(F)cccc1Oc1ccc(F)cc1. The number of aliphatic hydroxyl groups excluding tert-OH is 1. The van der Waals surface area contributed by atoms with Gasteiger partial charge in [0.15, 0.2) is 0 Å². The number of aliphatic hydroxyl groups is 1. The Balaban J connectivity index is 2.29. The third-order valence-corrected chi connectivity index (χ3v) is 2.28. The highest BCUT2D eigenvalue weighted by atomic mass is 19.1. The Morgan fingerprint density at radius 1 is 1.00 bits per heavy atom. The number of hydrogen-bond acceptors (Lipinski definition) is 2. The summed E-state index contributed by atoms with van der Waals surface area (Å²) in [6.07, 6.45) is 0. The molecule has 0 aromatic heterocycles. The van der Waals surface area contributed by atoms with Gasteiger partial charge in [0.25, 0.3) is 0 Å². The third-order valence-electron chi connectivity index (χ3n) is 2.28. The maximum atomic E-state index is 13.3. The Labute approximate surface area is 97.1 Å². The molecule has 0 radical (unpaired) electrons. The van der Waals surface area contributed by atoms with Crippen molar-refractivity contribution in [3.05, 3.63) is 59.7 Å². The molecular weight excluding hydrogens is 226 g/mol. The van der Waals surface area contributed by atoms with E-state index in [9.17, 15) is 8.78 Å². The molecule has 0 aliphatic rings. The molecule has 0 fully saturated rings. The van der Waals surface area contributed by atoms with Gasteiger partial charge in [0, 0.05) is 0 Å². The lowest BCUT2D eigenvalue weighted by Crippen LogP contribution is -1.95. The minimum absolute atomic E-state index is 0.0804. The van der Waals surface area contributed by atoms with E-state index < -0.39 is 12.4 Å². The molecule has 0 spiro atoms. The normalized spacial score (nSPS) is 10.3. The molecular formula is C13H10F2O2. The smallest absolute Gasteiger partial charge is 0.135 e. The van der Waals surface area contributed by atoms with E-state index in [0.29, 0.717) is 5.75 Å². The standard InChI is InChI=1S/C13H10F2O2/c14-9-4-6-10(7-5-9)17-13-3-1-2-12(15)11(13)8-16/h1-7,16H,8H2. The zero-order chi connectivity index (χ0) is 12.3. The zero-order valence-electron chi connectivity index (χ0n) is 8.86. The highest BCUT2D eigenvalue weighted by molar-refractivity contribution is 5.38. The van der Waals surface area contributed by atoms with Gasteiger partial charge in [-0.2, -0.15) is 0 Å². The second kappa shape index (κ2) is 4.93. The van der Waals surface area contributed by atoms with Crippen LogP contribution in [0.3, 0.4) is 0 Å². The molecule has 0 atom stereocenters. The Morgan fingerprint density at radius 3 is 2.35 bits per heavy atom. The first-order valence-corrected chi connectivity index (χ1v) is 5.02. The van der Waals surface area contributed by atoms with Crippen molar-refractivity contribution < 1.29 is 18.6 Å². The topological polar surface area (TPSA) is 29.5 Å². The predicted molar refractivity (Wildman–Crippen MR) is 58.8 cm³/mol. The molecule has 0 aliphatic carbocycles. The van der Waals surface area contributed by atoms with Crippen LogP contribution in [0, 0.1) is 11.6 Å². The van der Waals surface area contributed by atoms with E-state index >= 15 is 0 Å². The number of rotatable bonds is 3. The predicted octanol–water partition coefficient (Wildman–Crippen LogP) is 3.25. The first-order valence-electron chi connectivity index (χ1n) is 5.02. The minimum atomic E-state index is -0.535. The number of benzene rings is 2. The Morgan fingerprint density at radius 2 is 1.71 bits per heavy atom. The zero-order valence-corrected chi connectivity index (χ0v) is 8.86. The fraction of sp³-hybridized carbons (Fsp3) is 0.0769. The minimum Gasteiger partial charge on any atom is -0.457 e. The molecule has 0 amide bonds. The highest BCUT2D eigenvalue weighted by Gasteiger charge is 2.09. The lowest BCUT2D eigenvalue weighted by molar-refractivity contribution is 0.270. The Bertz CT molecular complexity index is 509. The van der Waals surface area contributed by atoms with Crippen LogP contribution in [0.5, 0.6) is 11.5 Å². The molecule has 2 rings (SSSR count). The number of halogens is 2. The van der Waals surface area contributed by atoms with E-state index in [1.807, 2.05) is 0 Å². The van der Waals surface area contributed by atoms with Crippen LogP contribution in [-0.4, -0.2) is 5.11 Å². The highest BCUT2D eigenvalue weighted by Crippen LogP contribution is 2.27. The van der Waals surface area contributed by atoms with Crippen LogP contribution in [0.25, 0.3) is 0 Å². The van der Waals surface area contributed by atoms with Crippen LogP contribution in [0.4, 0.5) is 8.78 Å². The van der Waals surface area contributed by atoms with Gasteiger partial charge in [-0.15, -0.1) is 0 Å². The van der Waals surface area contributed by atoms with E-state index in [0.717, 1.165) is 0 Å². The molecule has 0 saturated heterocycles. The van der Waals surface area contributed by atoms with E-state index in [-0.39, 0.29) is 17.1 Å². The van der Waals surface area contributed by atoms with E-state index in [1.165, 1.54) is 42.5 Å². The van der Waals surface area contributed by atoms with Gasteiger partial charge in [0.1, 0.15) is 23.1 Å². The fourth-order valence-electron chi connectivity index (χ4n) is 1.42. The lowest BCUT2D eigenvalue weighted by atomic mass is 10.2. The molecule has 1 N–H and O–H groups in total. The summed E-state index contributed by atoms with van der Waals surface area (Å²) < 4.78 is 31.4. The summed E-state index contributed by atoms with van der Waals surface area (Å²) in [6, 6.07) is 9.61. The van der Waals surface area contributed by atoms with Crippen molar-refractivity contribution in [1.29, 1.82) is 0 Å². The van der Waals surface area contributed by atoms with Gasteiger partial charge >= 0.3 is 0 Å². The molecule has 0 bridgehead atoms. The van der Waals surface area contributed by atoms with Gasteiger partial charge in [0.2, 0.25) is 0 Å². The van der Waals surface area contributed by atoms with Crippen LogP contribution in [0.1, 0.15) is 5.56 Å². The Hall–Kier alpha value is -1.94. The summed E-state index contributed by atoms with van der Waals surface area (Å²) in [5.41, 5.74) is 0.0804. The van der Waals surface area contributed by atoms with Crippen LogP contribution in [0.15, 0.2) is 42.5 Å². The van der Waals surface area contributed by atoms with Gasteiger partial charge in [-0.25, -0.2) is 8.78 Å².